The van der Waals surface area contributed by atoms with E-state index in [2.05, 4.69) is 5.10 Å². The number of hydrogen-bond donors (Lipinski definition) is 0. The minimum absolute atomic E-state index is 0.258. The third kappa shape index (κ3) is 3.40. The summed E-state index contributed by atoms with van der Waals surface area (Å²) < 4.78 is 30.8. The van der Waals surface area contributed by atoms with Crippen molar-refractivity contribution in [1.82, 2.24) is 4.41 Å². The second-order valence-electron chi connectivity index (χ2n) is 5.27. The van der Waals surface area contributed by atoms with Gasteiger partial charge in [-0.2, -0.15) is 9.52 Å². The molecule has 0 spiro atoms. The van der Waals surface area contributed by atoms with Gasteiger partial charge in [0.15, 0.2) is 0 Å². The van der Waals surface area contributed by atoms with E-state index in [-0.39, 0.29) is 6.04 Å². The molecule has 0 bridgehead atoms. The molecule has 1 aromatic heterocycles. The van der Waals surface area contributed by atoms with Gasteiger partial charge >= 0.3 is 0 Å². The molecule has 1 aromatic carbocycles. The first-order chi connectivity index (χ1) is 11.0. The molecule has 122 valence electrons. The number of nitrogens with zero attached hydrogens (tertiary/aromatic N) is 2. The van der Waals surface area contributed by atoms with Crippen LogP contribution >= 0.6 is 11.3 Å². The minimum Gasteiger partial charge on any atom is -0.494 e. The van der Waals surface area contributed by atoms with Crippen molar-refractivity contribution in [3.8, 4) is 5.75 Å². The van der Waals surface area contributed by atoms with Crippen LogP contribution in [0, 0.1) is 0 Å². The van der Waals surface area contributed by atoms with Gasteiger partial charge in [0.25, 0.3) is 0 Å². The third-order valence-electron chi connectivity index (χ3n) is 3.58. The lowest BCUT2D eigenvalue weighted by Crippen LogP contribution is -2.25. The van der Waals surface area contributed by atoms with Crippen molar-refractivity contribution in [2.75, 3.05) is 12.9 Å². The maximum absolute atomic E-state index is 12.1. The summed E-state index contributed by atoms with van der Waals surface area (Å²) in [7, 11) is -3.41. The standard InChI is InChI=1S/C16H18N2O3S2/c1-3-21-13-8-6-12(7-9-13)14-11-15(16-5-4-10-22-16)18(17-14)23(2,19)20/h4-10,15H,3,11H2,1-2H3/t15-/m0/s1. The summed E-state index contributed by atoms with van der Waals surface area (Å²) in [5, 5.41) is 6.32. The number of rotatable bonds is 5. The molecule has 2 heterocycles. The normalized spacial score (nSPS) is 18.1. The van der Waals surface area contributed by atoms with E-state index in [9.17, 15) is 8.42 Å². The van der Waals surface area contributed by atoms with Crippen LogP contribution in [-0.4, -0.2) is 31.4 Å². The van der Waals surface area contributed by atoms with Crippen molar-refractivity contribution in [2.24, 2.45) is 5.10 Å². The summed E-state index contributed by atoms with van der Waals surface area (Å²) >= 11 is 1.55. The molecule has 7 heteroatoms. The van der Waals surface area contributed by atoms with Gasteiger partial charge in [-0.25, -0.2) is 8.42 Å². The number of ether oxygens (including phenoxy) is 1. The summed E-state index contributed by atoms with van der Waals surface area (Å²) in [5.41, 5.74) is 1.69. The van der Waals surface area contributed by atoms with Crippen molar-refractivity contribution in [3.63, 3.8) is 0 Å². The number of hydrazone groups is 1. The van der Waals surface area contributed by atoms with Crippen molar-refractivity contribution in [1.29, 1.82) is 0 Å². The highest BCUT2D eigenvalue weighted by atomic mass is 32.2. The molecule has 0 saturated heterocycles. The molecule has 0 unspecified atom stereocenters. The number of benzene rings is 1. The van der Waals surface area contributed by atoms with Crippen LogP contribution in [0.5, 0.6) is 5.75 Å². The van der Waals surface area contributed by atoms with Crippen molar-refractivity contribution >= 4 is 27.1 Å². The molecule has 3 rings (SSSR count). The maximum Gasteiger partial charge on any atom is 0.247 e. The second-order valence-corrected chi connectivity index (χ2v) is 8.09. The molecule has 0 fully saturated rings. The third-order valence-corrected chi connectivity index (χ3v) is 5.57. The fourth-order valence-electron chi connectivity index (χ4n) is 2.57. The molecule has 0 radical (unpaired) electrons. The molecule has 23 heavy (non-hydrogen) atoms. The molecule has 0 amide bonds. The van der Waals surface area contributed by atoms with Gasteiger partial charge in [0, 0.05) is 11.3 Å². The Morgan fingerprint density at radius 2 is 2.04 bits per heavy atom. The topological polar surface area (TPSA) is 59.0 Å². The molecule has 1 aliphatic heterocycles. The monoisotopic (exact) mass is 350 g/mol. The van der Waals surface area contributed by atoms with Crippen LogP contribution in [0.2, 0.25) is 0 Å². The van der Waals surface area contributed by atoms with Gasteiger partial charge in [-0.05, 0) is 48.2 Å². The van der Waals surface area contributed by atoms with E-state index >= 15 is 0 Å². The first kappa shape index (κ1) is 16.0. The van der Waals surface area contributed by atoms with Crippen LogP contribution in [0.3, 0.4) is 0 Å². The van der Waals surface area contributed by atoms with Gasteiger partial charge in [-0.3, -0.25) is 0 Å². The van der Waals surface area contributed by atoms with E-state index in [1.165, 1.54) is 10.7 Å². The van der Waals surface area contributed by atoms with Crippen molar-refractivity contribution in [2.45, 2.75) is 19.4 Å². The average Bonchev–Trinajstić information content (AvgIpc) is 3.17. The Bertz CT molecular complexity index is 796. The summed E-state index contributed by atoms with van der Waals surface area (Å²) in [4.78, 5) is 1.00. The molecular formula is C16H18N2O3S2. The number of hydrogen-bond acceptors (Lipinski definition) is 5. The predicted molar refractivity (Wildman–Crippen MR) is 92.5 cm³/mol. The van der Waals surface area contributed by atoms with Crippen LogP contribution in [-0.2, 0) is 10.0 Å². The van der Waals surface area contributed by atoms with Crippen LogP contribution in [0.1, 0.15) is 29.8 Å². The quantitative estimate of drug-likeness (QED) is 0.832. The van der Waals surface area contributed by atoms with E-state index in [1.54, 1.807) is 11.3 Å². The molecule has 5 nitrogen and oxygen atoms in total. The lowest BCUT2D eigenvalue weighted by atomic mass is 10.0. The summed E-state index contributed by atoms with van der Waals surface area (Å²) in [6.07, 6.45) is 1.76. The SMILES string of the molecule is CCOc1ccc(C2=NN(S(C)(=O)=O)[C@H](c3cccs3)C2)cc1. The molecule has 0 N–H and O–H groups in total. The van der Waals surface area contributed by atoms with Gasteiger partial charge in [0.1, 0.15) is 11.8 Å². The molecular weight excluding hydrogens is 332 g/mol. The summed E-state index contributed by atoms with van der Waals surface area (Å²) in [5.74, 6) is 0.796. The van der Waals surface area contributed by atoms with E-state index in [1.807, 2.05) is 48.7 Å². The lowest BCUT2D eigenvalue weighted by Gasteiger charge is -2.19. The Labute approximate surface area is 140 Å². The van der Waals surface area contributed by atoms with Crippen molar-refractivity contribution in [3.05, 3.63) is 52.2 Å². The average molecular weight is 350 g/mol. The molecule has 2 aromatic rings. The molecule has 0 aliphatic carbocycles. The van der Waals surface area contributed by atoms with Crippen LogP contribution < -0.4 is 4.74 Å². The minimum atomic E-state index is -3.41. The Morgan fingerprint density at radius 3 is 2.61 bits per heavy atom. The molecule has 1 atom stereocenters. The maximum atomic E-state index is 12.1. The number of sulfonamides is 1. The van der Waals surface area contributed by atoms with E-state index in [4.69, 9.17) is 4.74 Å². The fraction of sp³-hybridized carbons (Fsp3) is 0.312. The zero-order chi connectivity index (χ0) is 16.4. The highest BCUT2D eigenvalue weighted by molar-refractivity contribution is 7.88. The van der Waals surface area contributed by atoms with E-state index < -0.39 is 10.0 Å². The van der Waals surface area contributed by atoms with Crippen LogP contribution in [0.15, 0.2) is 46.9 Å². The van der Waals surface area contributed by atoms with E-state index in [0.717, 1.165) is 21.9 Å². The van der Waals surface area contributed by atoms with Crippen molar-refractivity contribution < 1.29 is 13.2 Å². The first-order valence-corrected chi connectivity index (χ1v) is 10.1. The zero-order valence-electron chi connectivity index (χ0n) is 13.0. The Hall–Kier alpha value is -1.86. The van der Waals surface area contributed by atoms with Gasteiger partial charge in [0.2, 0.25) is 10.0 Å². The molecule has 0 saturated carbocycles. The van der Waals surface area contributed by atoms with Gasteiger partial charge in [0.05, 0.1) is 18.6 Å². The largest absolute Gasteiger partial charge is 0.494 e. The highest BCUT2D eigenvalue weighted by Gasteiger charge is 2.34. The van der Waals surface area contributed by atoms with Gasteiger partial charge < -0.3 is 4.74 Å². The van der Waals surface area contributed by atoms with Crippen LogP contribution in [0.4, 0.5) is 0 Å². The Balaban J connectivity index is 1.91. The highest BCUT2D eigenvalue weighted by Crippen LogP contribution is 2.36. The zero-order valence-corrected chi connectivity index (χ0v) is 14.6. The Morgan fingerprint density at radius 1 is 1.30 bits per heavy atom. The fourth-order valence-corrected chi connectivity index (χ4v) is 4.35. The van der Waals surface area contributed by atoms with Crippen LogP contribution in [0.25, 0.3) is 0 Å². The lowest BCUT2D eigenvalue weighted by molar-refractivity contribution is 0.340. The Kier molecular flexibility index (Phi) is 4.41. The summed E-state index contributed by atoms with van der Waals surface area (Å²) in [6.45, 7) is 2.55. The van der Waals surface area contributed by atoms with Gasteiger partial charge in [-0.1, -0.05) is 6.07 Å². The number of thiophene rings is 1. The smallest absolute Gasteiger partial charge is 0.247 e. The summed E-state index contributed by atoms with van der Waals surface area (Å²) in [6, 6.07) is 11.2. The van der Waals surface area contributed by atoms with E-state index in [0.29, 0.717) is 13.0 Å². The van der Waals surface area contributed by atoms with Gasteiger partial charge in [-0.15, -0.1) is 11.3 Å². The first-order valence-electron chi connectivity index (χ1n) is 7.32. The second kappa shape index (κ2) is 6.33. The molecule has 1 aliphatic rings. The predicted octanol–water partition coefficient (Wildman–Crippen LogP) is 3.26.